The van der Waals surface area contributed by atoms with Crippen LogP contribution in [0.2, 0.25) is 0 Å². The molecule has 1 heterocycles. The predicted molar refractivity (Wildman–Crippen MR) is 66.3 cm³/mol. The second-order valence-corrected chi connectivity index (χ2v) is 5.89. The molecule has 1 atom stereocenters. The van der Waals surface area contributed by atoms with Gasteiger partial charge in [0.25, 0.3) is 0 Å². The summed E-state index contributed by atoms with van der Waals surface area (Å²) in [4.78, 5) is 1.32. The van der Waals surface area contributed by atoms with Crippen molar-refractivity contribution in [2.24, 2.45) is 0 Å². The Labute approximate surface area is 99.5 Å². The molecule has 0 saturated carbocycles. The van der Waals surface area contributed by atoms with Gasteiger partial charge in [-0.3, -0.25) is 0 Å². The Bertz CT molecular complexity index is 276. The van der Waals surface area contributed by atoms with Crippen LogP contribution in [0.15, 0.2) is 27.0 Å². The summed E-state index contributed by atoms with van der Waals surface area (Å²) < 4.78 is 2.27. The minimum atomic E-state index is 0.380. The molecule has 0 saturated heterocycles. The van der Waals surface area contributed by atoms with Gasteiger partial charge in [-0.25, -0.2) is 0 Å². The molecule has 0 amide bonds. The SMILES string of the molecule is C=CCC(NC)c1cc(Br)c(Br)s1. The minimum absolute atomic E-state index is 0.380. The third-order valence-corrected chi connectivity index (χ3v) is 5.13. The van der Waals surface area contributed by atoms with Crippen LogP contribution in [0.1, 0.15) is 17.3 Å². The molecule has 1 nitrogen and oxygen atoms in total. The zero-order valence-corrected chi connectivity index (χ0v) is 11.3. The van der Waals surface area contributed by atoms with Gasteiger partial charge < -0.3 is 5.32 Å². The highest BCUT2D eigenvalue weighted by molar-refractivity contribution is 9.13. The van der Waals surface area contributed by atoms with E-state index in [1.807, 2.05) is 13.1 Å². The van der Waals surface area contributed by atoms with Gasteiger partial charge in [0.2, 0.25) is 0 Å². The topological polar surface area (TPSA) is 12.0 Å². The number of hydrogen-bond acceptors (Lipinski definition) is 2. The van der Waals surface area contributed by atoms with Crippen LogP contribution in [0.5, 0.6) is 0 Å². The van der Waals surface area contributed by atoms with Crippen LogP contribution in [-0.4, -0.2) is 7.05 Å². The Morgan fingerprint density at radius 3 is 2.77 bits per heavy atom. The van der Waals surface area contributed by atoms with Crippen molar-refractivity contribution >= 4 is 43.2 Å². The third-order valence-electron chi connectivity index (χ3n) is 1.76. The lowest BCUT2D eigenvalue weighted by Crippen LogP contribution is -2.13. The van der Waals surface area contributed by atoms with Gasteiger partial charge in [-0.15, -0.1) is 17.9 Å². The molecule has 0 spiro atoms. The average molecular weight is 325 g/mol. The first-order valence-corrected chi connectivity index (χ1v) is 6.32. The van der Waals surface area contributed by atoms with Crippen molar-refractivity contribution in [3.63, 3.8) is 0 Å². The number of hydrogen-bond donors (Lipinski definition) is 1. The lowest BCUT2D eigenvalue weighted by molar-refractivity contribution is 0.614. The maximum Gasteiger partial charge on any atom is 0.0843 e. The standard InChI is InChI=1S/C9H11Br2NS/c1-3-4-7(12-2)8-5-6(10)9(11)13-8/h3,5,7,12H,1,4H2,2H3. The van der Waals surface area contributed by atoms with Crippen LogP contribution in [0.25, 0.3) is 0 Å². The summed E-state index contributed by atoms with van der Waals surface area (Å²) in [5.41, 5.74) is 0. The molecule has 0 bridgehead atoms. The molecule has 13 heavy (non-hydrogen) atoms. The summed E-state index contributed by atoms with van der Waals surface area (Å²) in [5, 5.41) is 3.26. The van der Waals surface area contributed by atoms with Crippen molar-refractivity contribution in [3.8, 4) is 0 Å². The van der Waals surface area contributed by atoms with Crippen molar-refractivity contribution in [3.05, 3.63) is 31.9 Å². The van der Waals surface area contributed by atoms with Crippen molar-refractivity contribution in [2.45, 2.75) is 12.5 Å². The van der Waals surface area contributed by atoms with E-state index in [1.54, 1.807) is 11.3 Å². The molecule has 1 N–H and O–H groups in total. The van der Waals surface area contributed by atoms with Gasteiger partial charge in [0, 0.05) is 15.4 Å². The van der Waals surface area contributed by atoms with E-state index in [4.69, 9.17) is 0 Å². The highest BCUT2D eigenvalue weighted by Gasteiger charge is 2.12. The van der Waals surface area contributed by atoms with Crippen molar-refractivity contribution in [1.29, 1.82) is 0 Å². The molecule has 4 heteroatoms. The molecule has 0 radical (unpaired) electrons. The molecule has 0 fully saturated rings. The predicted octanol–water partition coefficient (Wildman–Crippen LogP) is 4.11. The first-order chi connectivity index (χ1) is 6.19. The number of nitrogens with one attached hydrogen (secondary N) is 1. The van der Waals surface area contributed by atoms with Crippen molar-refractivity contribution in [1.82, 2.24) is 5.32 Å². The fourth-order valence-corrected chi connectivity index (χ4v) is 3.29. The smallest absolute Gasteiger partial charge is 0.0843 e. The molecule has 1 aromatic rings. The van der Waals surface area contributed by atoms with Crippen LogP contribution in [-0.2, 0) is 0 Å². The average Bonchev–Trinajstić information content (AvgIpc) is 2.43. The second-order valence-electron chi connectivity index (χ2n) is 2.64. The van der Waals surface area contributed by atoms with Crippen LogP contribution >= 0.6 is 43.2 Å². The summed E-state index contributed by atoms with van der Waals surface area (Å²) in [7, 11) is 1.97. The van der Waals surface area contributed by atoms with Crippen molar-refractivity contribution < 1.29 is 0 Å². The van der Waals surface area contributed by atoms with Gasteiger partial charge in [0.15, 0.2) is 0 Å². The normalized spacial score (nSPS) is 12.8. The summed E-state index contributed by atoms with van der Waals surface area (Å²) >= 11 is 8.70. The summed E-state index contributed by atoms with van der Waals surface area (Å²) in [6.07, 6.45) is 2.89. The van der Waals surface area contributed by atoms with E-state index in [-0.39, 0.29) is 0 Å². The monoisotopic (exact) mass is 323 g/mol. The Balaban J connectivity index is 2.84. The zero-order valence-electron chi connectivity index (χ0n) is 7.31. The van der Waals surface area contributed by atoms with Crippen LogP contribution < -0.4 is 5.32 Å². The van der Waals surface area contributed by atoms with E-state index in [0.717, 1.165) is 14.7 Å². The maximum atomic E-state index is 3.74. The van der Waals surface area contributed by atoms with E-state index in [9.17, 15) is 0 Å². The Morgan fingerprint density at radius 2 is 2.38 bits per heavy atom. The highest BCUT2D eigenvalue weighted by Crippen LogP contribution is 2.36. The first kappa shape index (κ1) is 11.4. The van der Waals surface area contributed by atoms with Gasteiger partial charge in [0.05, 0.1) is 3.79 Å². The Hall–Kier alpha value is 0.360. The van der Waals surface area contributed by atoms with Crippen LogP contribution in [0.3, 0.4) is 0 Å². The molecule has 0 aliphatic carbocycles. The molecule has 0 aliphatic rings. The van der Waals surface area contributed by atoms with Gasteiger partial charge in [0.1, 0.15) is 0 Å². The lowest BCUT2D eigenvalue weighted by Gasteiger charge is -2.10. The molecule has 1 rings (SSSR count). The summed E-state index contributed by atoms with van der Waals surface area (Å²) in [6, 6.07) is 2.52. The largest absolute Gasteiger partial charge is 0.312 e. The van der Waals surface area contributed by atoms with E-state index in [0.29, 0.717) is 6.04 Å². The molecule has 1 unspecified atom stereocenters. The Kier molecular flexibility index (Phi) is 4.66. The van der Waals surface area contributed by atoms with Gasteiger partial charge in [-0.05, 0) is 51.4 Å². The minimum Gasteiger partial charge on any atom is -0.312 e. The van der Waals surface area contributed by atoms with Gasteiger partial charge in [-0.1, -0.05) is 6.08 Å². The fourth-order valence-electron chi connectivity index (χ4n) is 1.08. The van der Waals surface area contributed by atoms with E-state index in [2.05, 4.69) is 49.8 Å². The maximum absolute atomic E-state index is 3.74. The number of rotatable bonds is 4. The summed E-state index contributed by atoms with van der Waals surface area (Å²) in [6.45, 7) is 3.74. The van der Waals surface area contributed by atoms with E-state index in [1.165, 1.54) is 4.88 Å². The third kappa shape index (κ3) is 2.91. The quantitative estimate of drug-likeness (QED) is 0.822. The van der Waals surface area contributed by atoms with E-state index >= 15 is 0 Å². The number of halogens is 2. The molecular weight excluding hydrogens is 314 g/mol. The highest BCUT2D eigenvalue weighted by atomic mass is 79.9. The van der Waals surface area contributed by atoms with Crippen molar-refractivity contribution in [2.75, 3.05) is 7.05 Å². The molecular formula is C9H11Br2NS. The zero-order chi connectivity index (χ0) is 9.84. The second kappa shape index (κ2) is 5.29. The molecule has 72 valence electrons. The number of thiophene rings is 1. The Morgan fingerprint density at radius 1 is 1.69 bits per heavy atom. The van der Waals surface area contributed by atoms with Gasteiger partial charge in [-0.2, -0.15) is 0 Å². The molecule has 0 aliphatic heterocycles. The van der Waals surface area contributed by atoms with Gasteiger partial charge >= 0.3 is 0 Å². The molecule has 1 aromatic heterocycles. The fraction of sp³-hybridized carbons (Fsp3) is 0.333. The van der Waals surface area contributed by atoms with Crippen LogP contribution in [0, 0.1) is 0 Å². The lowest BCUT2D eigenvalue weighted by atomic mass is 10.2. The van der Waals surface area contributed by atoms with Crippen LogP contribution in [0.4, 0.5) is 0 Å². The van der Waals surface area contributed by atoms with E-state index < -0.39 is 0 Å². The molecule has 0 aromatic carbocycles. The summed E-state index contributed by atoms with van der Waals surface area (Å²) in [5.74, 6) is 0. The first-order valence-electron chi connectivity index (χ1n) is 3.92.